The zero-order chi connectivity index (χ0) is 12.4. The van der Waals surface area contributed by atoms with E-state index in [0.29, 0.717) is 11.5 Å². The van der Waals surface area contributed by atoms with Crippen LogP contribution in [0, 0.1) is 5.82 Å². The van der Waals surface area contributed by atoms with Crippen molar-refractivity contribution in [2.24, 2.45) is 0 Å². The Hall–Kier alpha value is -0.460. The minimum atomic E-state index is -0.302. The second kappa shape index (κ2) is 5.46. The monoisotopic (exact) mass is 422 g/mol. The standard InChI is InChI=1S/C11H6Br3FN2/c12-6-3-9(14)11(16-5-6)17-10-4-7(15)1-2-8(10)13/h1-5H,(H,16,17). The Balaban J connectivity index is 2.34. The summed E-state index contributed by atoms with van der Waals surface area (Å²) in [5.41, 5.74) is 0.625. The van der Waals surface area contributed by atoms with Crippen LogP contribution in [0.15, 0.2) is 43.9 Å². The topological polar surface area (TPSA) is 24.9 Å². The Morgan fingerprint density at radius 2 is 1.82 bits per heavy atom. The van der Waals surface area contributed by atoms with E-state index in [2.05, 4.69) is 58.1 Å². The van der Waals surface area contributed by atoms with Crippen LogP contribution >= 0.6 is 47.8 Å². The number of pyridine rings is 1. The fraction of sp³-hybridized carbons (Fsp3) is 0. The van der Waals surface area contributed by atoms with Crippen molar-refractivity contribution in [3.05, 3.63) is 49.7 Å². The van der Waals surface area contributed by atoms with Gasteiger partial charge in [-0.25, -0.2) is 9.37 Å². The average Bonchev–Trinajstić information content (AvgIpc) is 2.27. The molecule has 0 aliphatic rings. The quantitative estimate of drug-likeness (QED) is 0.712. The molecule has 88 valence electrons. The van der Waals surface area contributed by atoms with Gasteiger partial charge in [0, 0.05) is 15.1 Å². The third kappa shape index (κ3) is 3.26. The number of benzene rings is 1. The molecule has 0 unspecified atom stereocenters. The van der Waals surface area contributed by atoms with Gasteiger partial charge in [0.1, 0.15) is 11.6 Å². The molecule has 2 nitrogen and oxygen atoms in total. The Morgan fingerprint density at radius 3 is 2.53 bits per heavy atom. The lowest BCUT2D eigenvalue weighted by atomic mass is 10.3. The average molecular weight is 425 g/mol. The maximum absolute atomic E-state index is 13.1. The minimum absolute atomic E-state index is 0.302. The minimum Gasteiger partial charge on any atom is -0.338 e. The van der Waals surface area contributed by atoms with E-state index in [1.165, 1.54) is 12.1 Å². The van der Waals surface area contributed by atoms with Gasteiger partial charge in [-0.3, -0.25) is 0 Å². The number of anilines is 2. The molecule has 0 radical (unpaired) electrons. The molecule has 2 aromatic rings. The summed E-state index contributed by atoms with van der Waals surface area (Å²) in [4.78, 5) is 4.20. The summed E-state index contributed by atoms with van der Waals surface area (Å²) in [6, 6.07) is 6.30. The molecule has 0 aliphatic carbocycles. The number of nitrogens with one attached hydrogen (secondary N) is 1. The molecule has 0 fully saturated rings. The molecular weight excluding hydrogens is 419 g/mol. The summed E-state index contributed by atoms with van der Waals surface area (Å²) in [5, 5.41) is 3.04. The van der Waals surface area contributed by atoms with Gasteiger partial charge in [0.2, 0.25) is 0 Å². The molecule has 0 spiro atoms. The zero-order valence-corrected chi connectivity index (χ0v) is 13.1. The second-order valence-corrected chi connectivity index (χ2v) is 5.86. The predicted molar refractivity (Wildman–Crippen MR) is 77.0 cm³/mol. The zero-order valence-electron chi connectivity index (χ0n) is 8.35. The number of hydrogen-bond acceptors (Lipinski definition) is 2. The molecule has 17 heavy (non-hydrogen) atoms. The van der Waals surface area contributed by atoms with Crippen molar-refractivity contribution in [2.45, 2.75) is 0 Å². The first-order valence-electron chi connectivity index (χ1n) is 4.59. The molecule has 1 N–H and O–H groups in total. The number of aromatic nitrogens is 1. The van der Waals surface area contributed by atoms with E-state index >= 15 is 0 Å². The van der Waals surface area contributed by atoms with Crippen LogP contribution in [0.1, 0.15) is 0 Å². The van der Waals surface area contributed by atoms with Gasteiger partial charge >= 0.3 is 0 Å². The van der Waals surface area contributed by atoms with Crippen LogP contribution in [0.4, 0.5) is 15.9 Å². The highest BCUT2D eigenvalue weighted by atomic mass is 79.9. The van der Waals surface area contributed by atoms with Crippen LogP contribution in [-0.4, -0.2) is 4.98 Å². The molecule has 1 aromatic heterocycles. The Bertz CT molecular complexity index is 560. The smallest absolute Gasteiger partial charge is 0.144 e. The largest absolute Gasteiger partial charge is 0.338 e. The maximum Gasteiger partial charge on any atom is 0.144 e. The van der Waals surface area contributed by atoms with E-state index < -0.39 is 0 Å². The summed E-state index contributed by atoms with van der Waals surface area (Å²) in [7, 11) is 0. The lowest BCUT2D eigenvalue weighted by molar-refractivity contribution is 0.628. The summed E-state index contributed by atoms with van der Waals surface area (Å²) in [6.45, 7) is 0. The second-order valence-electron chi connectivity index (χ2n) is 3.23. The lowest BCUT2D eigenvalue weighted by Gasteiger charge is -2.09. The molecule has 6 heteroatoms. The van der Waals surface area contributed by atoms with Gasteiger partial charge in [0.15, 0.2) is 0 Å². The van der Waals surface area contributed by atoms with Crippen molar-refractivity contribution in [3.8, 4) is 0 Å². The van der Waals surface area contributed by atoms with Gasteiger partial charge in [-0.1, -0.05) is 0 Å². The van der Waals surface area contributed by atoms with Gasteiger partial charge in [-0.15, -0.1) is 0 Å². The molecule has 0 saturated heterocycles. The van der Waals surface area contributed by atoms with Gasteiger partial charge in [0.25, 0.3) is 0 Å². The maximum atomic E-state index is 13.1. The predicted octanol–water partition coefficient (Wildman–Crippen LogP) is 5.25. The molecule has 0 bridgehead atoms. The van der Waals surface area contributed by atoms with E-state index in [9.17, 15) is 4.39 Å². The fourth-order valence-electron chi connectivity index (χ4n) is 1.23. The van der Waals surface area contributed by atoms with E-state index in [1.807, 2.05) is 6.07 Å². The molecule has 2 rings (SSSR count). The molecule has 0 aliphatic heterocycles. The molecule has 0 amide bonds. The van der Waals surface area contributed by atoms with Gasteiger partial charge < -0.3 is 5.32 Å². The normalized spacial score (nSPS) is 10.4. The molecule has 1 aromatic carbocycles. The van der Waals surface area contributed by atoms with Crippen LogP contribution in [0.2, 0.25) is 0 Å². The van der Waals surface area contributed by atoms with Crippen LogP contribution < -0.4 is 5.32 Å². The van der Waals surface area contributed by atoms with Crippen molar-refractivity contribution in [1.82, 2.24) is 4.98 Å². The van der Waals surface area contributed by atoms with Gasteiger partial charge in [0.05, 0.1) is 10.2 Å². The molecule has 0 atom stereocenters. The third-order valence-electron chi connectivity index (χ3n) is 1.99. The van der Waals surface area contributed by atoms with Crippen molar-refractivity contribution in [3.63, 3.8) is 0 Å². The summed E-state index contributed by atoms with van der Waals surface area (Å²) < 4.78 is 15.6. The molecular formula is C11H6Br3FN2. The number of rotatable bonds is 2. The SMILES string of the molecule is Fc1ccc(Br)c(Nc2ncc(Br)cc2Br)c1. The van der Waals surface area contributed by atoms with Crippen molar-refractivity contribution in [1.29, 1.82) is 0 Å². The highest BCUT2D eigenvalue weighted by molar-refractivity contribution is 9.11. The van der Waals surface area contributed by atoms with E-state index in [4.69, 9.17) is 0 Å². The van der Waals surface area contributed by atoms with E-state index in [1.54, 1.807) is 12.3 Å². The van der Waals surface area contributed by atoms with Gasteiger partial charge in [-0.05, 0) is 72.1 Å². The summed E-state index contributed by atoms with van der Waals surface area (Å²) >= 11 is 10.0. The van der Waals surface area contributed by atoms with Crippen LogP contribution in [0.25, 0.3) is 0 Å². The Labute approximate surface area is 123 Å². The third-order valence-corrected chi connectivity index (χ3v) is 3.72. The number of halogens is 4. The lowest BCUT2D eigenvalue weighted by Crippen LogP contribution is -1.96. The van der Waals surface area contributed by atoms with E-state index in [-0.39, 0.29) is 5.82 Å². The first-order valence-corrected chi connectivity index (χ1v) is 6.97. The van der Waals surface area contributed by atoms with Crippen molar-refractivity contribution in [2.75, 3.05) is 5.32 Å². The summed E-state index contributed by atoms with van der Waals surface area (Å²) in [5.74, 6) is 0.323. The first kappa shape index (κ1) is 13.0. The van der Waals surface area contributed by atoms with Gasteiger partial charge in [-0.2, -0.15) is 0 Å². The fourth-order valence-corrected chi connectivity index (χ4v) is 2.66. The number of hydrogen-bond donors (Lipinski definition) is 1. The first-order chi connectivity index (χ1) is 8.06. The molecule has 0 saturated carbocycles. The van der Waals surface area contributed by atoms with Crippen LogP contribution in [0.3, 0.4) is 0 Å². The number of nitrogens with zero attached hydrogens (tertiary/aromatic N) is 1. The van der Waals surface area contributed by atoms with Crippen molar-refractivity contribution >= 4 is 59.3 Å². The Kier molecular flexibility index (Phi) is 4.17. The van der Waals surface area contributed by atoms with Crippen molar-refractivity contribution < 1.29 is 4.39 Å². The molecule has 1 heterocycles. The Morgan fingerprint density at radius 1 is 1.06 bits per heavy atom. The van der Waals surface area contributed by atoms with Crippen LogP contribution in [0.5, 0.6) is 0 Å². The summed E-state index contributed by atoms with van der Waals surface area (Å²) in [6.07, 6.45) is 1.67. The van der Waals surface area contributed by atoms with E-state index in [0.717, 1.165) is 13.4 Å². The highest BCUT2D eigenvalue weighted by Crippen LogP contribution is 2.30. The highest BCUT2D eigenvalue weighted by Gasteiger charge is 2.06. The van der Waals surface area contributed by atoms with Crippen LogP contribution in [-0.2, 0) is 0 Å².